The van der Waals surface area contributed by atoms with Crippen molar-refractivity contribution in [2.45, 2.75) is 65.7 Å². The van der Waals surface area contributed by atoms with Gasteiger partial charge < -0.3 is 21.3 Å². The molecule has 0 unspecified atom stereocenters. The second-order valence-corrected chi connectivity index (χ2v) is 11.2. The Kier molecular flexibility index (Phi) is 9.38. The van der Waals surface area contributed by atoms with E-state index < -0.39 is 0 Å². The quantitative estimate of drug-likeness (QED) is 0.164. The smallest absolute Gasteiger partial charge is 0.232 e. The highest BCUT2D eigenvalue weighted by Gasteiger charge is 2.67. The molecule has 36 heavy (non-hydrogen) atoms. The van der Waals surface area contributed by atoms with Crippen molar-refractivity contribution in [3.63, 3.8) is 0 Å². The molecule has 0 aromatic carbocycles. The topological polar surface area (TPSA) is 165 Å². The molecule has 0 aliphatic heterocycles. The summed E-state index contributed by atoms with van der Waals surface area (Å²) in [7, 11) is 1.39. The first-order valence-electron chi connectivity index (χ1n) is 12.2. The molecule has 0 heterocycles. The van der Waals surface area contributed by atoms with Crippen molar-refractivity contribution >= 4 is 23.6 Å². The van der Waals surface area contributed by atoms with Crippen LogP contribution in [0, 0.1) is 34.0 Å². The van der Waals surface area contributed by atoms with E-state index in [9.17, 15) is 19.2 Å². The minimum Gasteiger partial charge on any atom is -0.356 e. The third-order valence-corrected chi connectivity index (χ3v) is 7.65. The van der Waals surface area contributed by atoms with Crippen molar-refractivity contribution < 1.29 is 19.2 Å². The summed E-state index contributed by atoms with van der Waals surface area (Å²) >= 11 is 0. The van der Waals surface area contributed by atoms with Crippen LogP contribution in [0.3, 0.4) is 0 Å². The molecule has 4 rings (SSSR count). The van der Waals surface area contributed by atoms with E-state index in [-0.39, 0.29) is 51.7 Å². The monoisotopic (exact) mass is 501 g/mol. The number of rotatable bonds is 9. The molecule has 4 fully saturated rings. The van der Waals surface area contributed by atoms with Crippen LogP contribution in [0.4, 0.5) is 0 Å². The summed E-state index contributed by atoms with van der Waals surface area (Å²) in [6, 6.07) is 0. The van der Waals surface area contributed by atoms with Crippen molar-refractivity contribution in [1.82, 2.24) is 21.3 Å². The van der Waals surface area contributed by atoms with Crippen LogP contribution in [-0.2, 0) is 19.2 Å². The predicted molar refractivity (Wildman–Crippen MR) is 135 cm³/mol. The first-order valence-corrected chi connectivity index (χ1v) is 12.2. The lowest BCUT2D eigenvalue weighted by molar-refractivity contribution is -0.197. The van der Waals surface area contributed by atoms with Gasteiger partial charge in [-0.15, -0.1) is 6.42 Å². The number of nitrogens with one attached hydrogen (secondary N) is 4. The molecule has 4 aliphatic rings. The third kappa shape index (κ3) is 7.37. The van der Waals surface area contributed by atoms with E-state index in [0.29, 0.717) is 26.2 Å². The average Bonchev–Trinajstić information content (AvgIpc) is 2.79. The molecule has 0 aromatic rings. The maximum absolute atomic E-state index is 12.2. The SMILES string of the molecule is C#CCC(=O)NCC12CC3(CNC(C)=O)CC(CNC(C)=O)(CC(CNC(C)=O)(C3)C1)C2.CN=[N+]=[N-]. The lowest BCUT2D eigenvalue weighted by Crippen LogP contribution is -2.68. The maximum Gasteiger partial charge on any atom is 0.232 e. The Bertz CT molecular complexity index is 874. The van der Waals surface area contributed by atoms with Gasteiger partial charge in [-0.3, -0.25) is 19.2 Å². The highest BCUT2D eigenvalue weighted by atomic mass is 16.2. The highest BCUT2D eigenvalue weighted by molar-refractivity contribution is 5.78. The predicted octanol–water partition coefficient (Wildman–Crippen LogP) is 1.79. The number of carbonyl (C=O) groups is 4. The third-order valence-electron chi connectivity index (χ3n) is 7.65. The van der Waals surface area contributed by atoms with Crippen LogP contribution in [0.1, 0.15) is 65.7 Å². The Morgan fingerprint density at radius 3 is 1.25 bits per heavy atom. The summed E-state index contributed by atoms with van der Waals surface area (Å²) in [5.41, 5.74) is 6.73. The van der Waals surface area contributed by atoms with Crippen molar-refractivity contribution in [3.8, 4) is 12.3 Å². The van der Waals surface area contributed by atoms with Crippen LogP contribution in [-0.4, -0.2) is 56.9 Å². The van der Waals surface area contributed by atoms with Crippen molar-refractivity contribution in [1.29, 1.82) is 0 Å². The van der Waals surface area contributed by atoms with Crippen LogP contribution in [0.25, 0.3) is 10.4 Å². The van der Waals surface area contributed by atoms with Crippen molar-refractivity contribution in [2.75, 3.05) is 33.2 Å². The summed E-state index contributed by atoms with van der Waals surface area (Å²) < 4.78 is 0. The molecule has 4 saturated carbocycles. The molecule has 4 bridgehead atoms. The van der Waals surface area contributed by atoms with Crippen LogP contribution in [0.5, 0.6) is 0 Å². The molecule has 0 saturated heterocycles. The van der Waals surface area contributed by atoms with Crippen LogP contribution < -0.4 is 21.3 Å². The second kappa shape index (κ2) is 11.7. The van der Waals surface area contributed by atoms with E-state index >= 15 is 0 Å². The van der Waals surface area contributed by atoms with Crippen LogP contribution in [0.2, 0.25) is 0 Å². The van der Waals surface area contributed by atoms with Gasteiger partial charge in [0.2, 0.25) is 23.6 Å². The largest absolute Gasteiger partial charge is 0.356 e. The summed E-state index contributed by atoms with van der Waals surface area (Å²) in [5, 5.41) is 15.1. The Labute approximate surface area is 212 Å². The molecule has 11 heteroatoms. The van der Waals surface area contributed by atoms with Gasteiger partial charge in [-0.05, 0) is 65.7 Å². The van der Waals surface area contributed by atoms with Gasteiger partial charge in [-0.2, -0.15) is 0 Å². The van der Waals surface area contributed by atoms with E-state index in [1.807, 2.05) is 0 Å². The molecule has 0 aromatic heterocycles. The zero-order chi connectivity index (χ0) is 27.0. The van der Waals surface area contributed by atoms with Gasteiger partial charge in [-0.1, -0.05) is 11.0 Å². The molecule has 0 atom stereocenters. The normalized spacial score (nSPS) is 31.0. The van der Waals surface area contributed by atoms with E-state index in [1.54, 1.807) is 0 Å². The number of hydrogen-bond donors (Lipinski definition) is 4. The number of carbonyl (C=O) groups excluding carboxylic acids is 4. The number of nitrogens with zero attached hydrogens (tertiary/aromatic N) is 3. The molecule has 11 nitrogen and oxygen atoms in total. The molecule has 4 N–H and O–H groups in total. The lowest BCUT2D eigenvalue weighted by atomic mass is 9.35. The minimum atomic E-state index is -0.172. The standard InChI is InChI=1S/C24H36N4O4.CH3N3/c1-5-6-20(32)28-16-24-10-21(13-25-17(2)29)7-22(11-24,14-26-18(3)30)9-23(8-21,12-24)15-27-19(4)31;1-3-4-2/h1H,6-16H2,2-4H3,(H,25,29)(H,26,30)(H,27,31)(H,28,32);1H3. The Balaban J connectivity index is 0.00000106. The fraction of sp³-hybridized carbons (Fsp3) is 0.760. The molecule has 4 amide bonds. The van der Waals surface area contributed by atoms with Crippen LogP contribution in [0.15, 0.2) is 5.11 Å². The fourth-order valence-corrected chi connectivity index (χ4v) is 7.65. The molecular formula is C25H39N7O4. The minimum absolute atomic E-state index is 0.0428. The van der Waals surface area contributed by atoms with Gasteiger partial charge in [0.05, 0.1) is 6.42 Å². The first kappa shape index (κ1) is 29.0. The molecular weight excluding hydrogens is 462 g/mol. The second-order valence-electron chi connectivity index (χ2n) is 11.2. The number of hydrogen-bond acceptors (Lipinski definition) is 5. The summed E-state index contributed by atoms with van der Waals surface area (Å²) in [5.74, 6) is 2.03. The Hall–Kier alpha value is -3.25. The summed E-state index contributed by atoms with van der Waals surface area (Å²) in [4.78, 5) is 49.9. The highest BCUT2D eigenvalue weighted by Crippen LogP contribution is 2.73. The Morgan fingerprint density at radius 1 is 0.750 bits per heavy atom. The van der Waals surface area contributed by atoms with Gasteiger partial charge >= 0.3 is 0 Å². The number of amides is 4. The molecule has 0 radical (unpaired) electrons. The molecule has 0 spiro atoms. The Morgan fingerprint density at radius 2 is 1.03 bits per heavy atom. The van der Waals surface area contributed by atoms with E-state index in [4.69, 9.17) is 12.0 Å². The van der Waals surface area contributed by atoms with E-state index in [1.165, 1.54) is 27.8 Å². The average molecular weight is 502 g/mol. The van der Waals surface area contributed by atoms with Gasteiger partial charge in [0.1, 0.15) is 0 Å². The van der Waals surface area contributed by atoms with Crippen molar-refractivity contribution in [3.05, 3.63) is 10.4 Å². The zero-order valence-corrected chi connectivity index (χ0v) is 21.8. The van der Waals surface area contributed by atoms with Crippen molar-refractivity contribution in [2.24, 2.45) is 26.8 Å². The lowest BCUT2D eigenvalue weighted by Gasteiger charge is -2.71. The summed E-state index contributed by atoms with van der Waals surface area (Å²) in [6.07, 6.45) is 10.7. The van der Waals surface area contributed by atoms with E-state index in [0.717, 1.165) is 38.5 Å². The first-order chi connectivity index (χ1) is 16.9. The molecule has 198 valence electrons. The summed E-state index contributed by atoms with van der Waals surface area (Å²) in [6.45, 7) is 6.77. The van der Waals surface area contributed by atoms with E-state index in [2.05, 4.69) is 37.2 Å². The van der Waals surface area contributed by atoms with Gasteiger partial charge in [0.25, 0.3) is 0 Å². The zero-order valence-electron chi connectivity index (χ0n) is 21.8. The number of azide groups is 1. The fourth-order valence-electron chi connectivity index (χ4n) is 7.65. The van der Waals surface area contributed by atoms with Gasteiger partial charge in [0, 0.05) is 58.9 Å². The van der Waals surface area contributed by atoms with Gasteiger partial charge in [-0.25, -0.2) is 0 Å². The van der Waals surface area contributed by atoms with Crippen LogP contribution >= 0.6 is 0 Å². The maximum atomic E-state index is 12.2. The number of terminal acetylenes is 1. The van der Waals surface area contributed by atoms with Gasteiger partial charge in [0.15, 0.2) is 0 Å². The molecule has 4 aliphatic carbocycles.